The fourth-order valence-electron chi connectivity index (χ4n) is 4.75. The molecule has 5 rings (SSSR count). The predicted molar refractivity (Wildman–Crippen MR) is 129 cm³/mol. The molecular formula is C26H27N5O3. The molecule has 0 bridgehead atoms. The Kier molecular flexibility index (Phi) is 5.73. The highest BCUT2D eigenvalue weighted by Gasteiger charge is 2.55. The first-order valence-corrected chi connectivity index (χ1v) is 11.7. The molecule has 3 aliphatic rings. The normalized spacial score (nSPS) is 18.3. The van der Waals surface area contributed by atoms with Gasteiger partial charge >= 0.3 is 5.97 Å². The van der Waals surface area contributed by atoms with Crippen LogP contribution in [0.4, 0.5) is 5.69 Å². The molecule has 0 aromatic heterocycles. The summed E-state index contributed by atoms with van der Waals surface area (Å²) in [4.78, 5) is 32.1. The number of hydrogen-bond donors (Lipinski definition) is 1. The molecule has 2 fully saturated rings. The van der Waals surface area contributed by atoms with Crippen LogP contribution in [0.25, 0.3) is 17.2 Å². The molecule has 0 atom stereocenters. The fourth-order valence-corrected chi connectivity index (χ4v) is 4.75. The van der Waals surface area contributed by atoms with Crippen LogP contribution in [-0.4, -0.2) is 42.3 Å². The largest absolute Gasteiger partial charge is 0.463 e. The van der Waals surface area contributed by atoms with Crippen molar-refractivity contribution in [3.05, 3.63) is 59.2 Å². The first-order chi connectivity index (χ1) is 16.6. The number of carbonyl (C=O) groups is 2. The van der Waals surface area contributed by atoms with Crippen molar-refractivity contribution in [3.8, 4) is 11.1 Å². The number of rotatable bonds is 4. The lowest BCUT2D eigenvalue weighted by atomic mass is 9.92. The number of nitrogens with zero attached hydrogens (tertiary/aromatic N) is 4. The van der Waals surface area contributed by atoms with E-state index in [4.69, 9.17) is 15.6 Å². The molecule has 174 valence electrons. The Labute approximate surface area is 198 Å². The number of ether oxygens (including phenoxy) is 1. The predicted octanol–water partition coefficient (Wildman–Crippen LogP) is 4.69. The van der Waals surface area contributed by atoms with Crippen LogP contribution in [0.5, 0.6) is 0 Å². The standard InChI is InChI=1S/C26H27N5O3/c1-2-34-24(33)21-16-20-15-19(9-10-22(20)28-25(29-30-27)26(21)11-12-26)17-5-7-18(8-6-17)23(32)31-13-3-4-14-31/h5-10,15-16H,2-4,11-14H2,1H3,(H2,27,28,29). The van der Waals surface area contributed by atoms with E-state index in [0.717, 1.165) is 55.5 Å². The van der Waals surface area contributed by atoms with E-state index < -0.39 is 5.41 Å². The van der Waals surface area contributed by atoms with Gasteiger partial charge in [0, 0.05) is 24.2 Å². The van der Waals surface area contributed by atoms with Crippen molar-refractivity contribution in [3.63, 3.8) is 0 Å². The van der Waals surface area contributed by atoms with Crippen LogP contribution >= 0.6 is 0 Å². The Hall–Kier alpha value is -3.81. The van der Waals surface area contributed by atoms with Gasteiger partial charge in [-0.1, -0.05) is 23.4 Å². The number of esters is 1. The van der Waals surface area contributed by atoms with Gasteiger partial charge in [0.1, 0.15) is 0 Å². The SMILES string of the molecule is CCOC(=O)C1=Cc2cc(-c3ccc(C(=O)N4CCCC4)cc3)ccc2N=C(N=NN)C12CC2. The summed E-state index contributed by atoms with van der Waals surface area (Å²) < 4.78 is 5.35. The molecule has 1 saturated carbocycles. The summed E-state index contributed by atoms with van der Waals surface area (Å²) in [6.45, 7) is 3.72. The summed E-state index contributed by atoms with van der Waals surface area (Å²) >= 11 is 0. The Morgan fingerprint density at radius 3 is 2.44 bits per heavy atom. The molecule has 2 aromatic carbocycles. The van der Waals surface area contributed by atoms with E-state index in [1.165, 1.54) is 0 Å². The fraction of sp³-hybridized carbons (Fsp3) is 0.346. The van der Waals surface area contributed by atoms with Crippen LogP contribution in [0.2, 0.25) is 0 Å². The quantitative estimate of drug-likeness (QED) is 0.311. The Morgan fingerprint density at radius 1 is 1.09 bits per heavy atom. The highest BCUT2D eigenvalue weighted by Crippen LogP contribution is 2.56. The van der Waals surface area contributed by atoms with Crippen LogP contribution in [0.15, 0.2) is 63.4 Å². The molecule has 1 amide bonds. The minimum Gasteiger partial charge on any atom is -0.463 e. The van der Waals surface area contributed by atoms with Gasteiger partial charge in [0.05, 0.1) is 23.3 Å². The summed E-state index contributed by atoms with van der Waals surface area (Å²) in [6, 6.07) is 13.5. The molecule has 2 N–H and O–H groups in total. The van der Waals surface area contributed by atoms with E-state index in [1.807, 2.05) is 53.4 Å². The van der Waals surface area contributed by atoms with E-state index in [0.29, 0.717) is 22.7 Å². The molecule has 1 aliphatic carbocycles. The van der Waals surface area contributed by atoms with Gasteiger partial charge in [0.2, 0.25) is 0 Å². The lowest BCUT2D eigenvalue weighted by Crippen LogP contribution is -2.27. The highest BCUT2D eigenvalue weighted by atomic mass is 16.5. The van der Waals surface area contributed by atoms with Gasteiger partial charge in [-0.3, -0.25) is 4.79 Å². The van der Waals surface area contributed by atoms with Gasteiger partial charge in [-0.15, -0.1) is 5.11 Å². The summed E-state index contributed by atoms with van der Waals surface area (Å²) in [5.41, 5.74) is 4.05. The maximum Gasteiger partial charge on any atom is 0.335 e. The van der Waals surface area contributed by atoms with Gasteiger partial charge in [-0.25, -0.2) is 9.79 Å². The van der Waals surface area contributed by atoms with Crippen molar-refractivity contribution in [1.29, 1.82) is 0 Å². The maximum absolute atomic E-state index is 12.8. The average molecular weight is 458 g/mol. The molecule has 0 radical (unpaired) electrons. The van der Waals surface area contributed by atoms with Gasteiger partial charge < -0.3 is 15.5 Å². The van der Waals surface area contributed by atoms with Crippen molar-refractivity contribution >= 4 is 29.5 Å². The number of amides is 1. The summed E-state index contributed by atoms with van der Waals surface area (Å²) in [5.74, 6) is 5.49. The molecule has 2 heterocycles. The van der Waals surface area contributed by atoms with E-state index in [-0.39, 0.29) is 18.5 Å². The molecule has 8 nitrogen and oxygen atoms in total. The van der Waals surface area contributed by atoms with Crippen molar-refractivity contribution < 1.29 is 14.3 Å². The number of fused-ring (bicyclic) bond motifs is 1. The summed E-state index contributed by atoms with van der Waals surface area (Å²) in [6.07, 6.45) is 5.47. The number of aliphatic imine (C=N–C) groups is 1. The number of amidine groups is 1. The first kappa shape index (κ1) is 22.0. The van der Waals surface area contributed by atoms with Crippen molar-refractivity contribution in [2.24, 2.45) is 26.6 Å². The Bertz CT molecular complexity index is 1220. The van der Waals surface area contributed by atoms with Crippen molar-refractivity contribution in [2.75, 3.05) is 19.7 Å². The number of hydrogen-bond acceptors (Lipinski definition) is 6. The second-order valence-corrected chi connectivity index (χ2v) is 8.86. The molecule has 34 heavy (non-hydrogen) atoms. The Morgan fingerprint density at radius 2 is 1.79 bits per heavy atom. The van der Waals surface area contributed by atoms with E-state index >= 15 is 0 Å². The number of likely N-dealkylation sites (tertiary alicyclic amines) is 1. The highest BCUT2D eigenvalue weighted by molar-refractivity contribution is 6.09. The second kappa shape index (κ2) is 8.85. The number of benzene rings is 2. The van der Waals surface area contributed by atoms with E-state index in [2.05, 4.69) is 10.3 Å². The van der Waals surface area contributed by atoms with E-state index in [9.17, 15) is 9.59 Å². The molecule has 1 saturated heterocycles. The molecule has 8 heteroatoms. The summed E-state index contributed by atoms with van der Waals surface area (Å²) in [7, 11) is 0. The molecule has 0 unspecified atom stereocenters. The lowest BCUT2D eigenvalue weighted by molar-refractivity contribution is -0.138. The van der Waals surface area contributed by atoms with E-state index in [1.54, 1.807) is 6.92 Å². The maximum atomic E-state index is 12.8. The number of carbonyl (C=O) groups excluding carboxylic acids is 2. The lowest BCUT2D eigenvalue weighted by Gasteiger charge is -2.15. The third kappa shape index (κ3) is 3.89. The number of nitrogens with two attached hydrogens (primary N) is 1. The first-order valence-electron chi connectivity index (χ1n) is 11.7. The Balaban J connectivity index is 1.51. The third-order valence-corrected chi connectivity index (χ3v) is 6.75. The molecule has 2 aromatic rings. The van der Waals surface area contributed by atoms with Crippen molar-refractivity contribution in [1.82, 2.24) is 4.90 Å². The zero-order chi connectivity index (χ0) is 23.7. The minimum atomic E-state index is -0.605. The second-order valence-electron chi connectivity index (χ2n) is 8.86. The third-order valence-electron chi connectivity index (χ3n) is 6.75. The molecule has 2 aliphatic heterocycles. The van der Waals surface area contributed by atoms with Crippen LogP contribution in [0.1, 0.15) is 48.5 Å². The van der Waals surface area contributed by atoms with Crippen molar-refractivity contribution in [2.45, 2.75) is 32.6 Å². The average Bonchev–Trinajstić information content (AvgIpc) is 3.49. The topological polar surface area (TPSA) is 110 Å². The summed E-state index contributed by atoms with van der Waals surface area (Å²) in [5, 5.41) is 7.51. The monoisotopic (exact) mass is 457 g/mol. The van der Waals surface area contributed by atoms with Gasteiger partial charge in [-0.05, 0) is 74.1 Å². The van der Waals surface area contributed by atoms with Crippen LogP contribution in [0, 0.1) is 5.41 Å². The molecular weight excluding hydrogens is 430 g/mol. The smallest absolute Gasteiger partial charge is 0.335 e. The van der Waals surface area contributed by atoms with Crippen LogP contribution in [0.3, 0.4) is 0 Å². The zero-order valence-electron chi connectivity index (χ0n) is 19.2. The molecule has 1 spiro atoms. The van der Waals surface area contributed by atoms with Crippen LogP contribution < -0.4 is 5.84 Å². The zero-order valence-corrected chi connectivity index (χ0v) is 19.2. The minimum absolute atomic E-state index is 0.0821. The van der Waals surface area contributed by atoms with Gasteiger partial charge in [0.15, 0.2) is 5.84 Å². The van der Waals surface area contributed by atoms with Gasteiger partial charge in [-0.2, -0.15) is 0 Å². The van der Waals surface area contributed by atoms with Crippen LogP contribution in [-0.2, 0) is 9.53 Å². The van der Waals surface area contributed by atoms with Gasteiger partial charge in [0.25, 0.3) is 5.91 Å².